The highest BCUT2D eigenvalue weighted by atomic mass is 15.1. The molecule has 1 aliphatic heterocycles. The quantitative estimate of drug-likeness (QED) is 0.838. The van der Waals surface area contributed by atoms with Crippen molar-refractivity contribution in [1.82, 2.24) is 10.2 Å². The maximum atomic E-state index is 3.64. The zero-order valence-electron chi connectivity index (χ0n) is 13.4. The van der Waals surface area contributed by atoms with Gasteiger partial charge in [-0.1, -0.05) is 39.5 Å². The van der Waals surface area contributed by atoms with Gasteiger partial charge in [-0.25, -0.2) is 0 Å². The van der Waals surface area contributed by atoms with Crippen molar-refractivity contribution >= 4 is 0 Å². The van der Waals surface area contributed by atoms with Crippen LogP contribution in [-0.4, -0.2) is 37.6 Å². The highest BCUT2D eigenvalue weighted by Gasteiger charge is 2.38. The Morgan fingerprint density at radius 3 is 2.26 bits per heavy atom. The van der Waals surface area contributed by atoms with Gasteiger partial charge in [0.1, 0.15) is 0 Å². The van der Waals surface area contributed by atoms with Gasteiger partial charge in [0.2, 0.25) is 0 Å². The number of nitrogens with one attached hydrogen (secondary N) is 1. The minimum absolute atomic E-state index is 0.473. The van der Waals surface area contributed by atoms with E-state index in [0.29, 0.717) is 11.5 Å². The molecule has 0 aromatic heterocycles. The van der Waals surface area contributed by atoms with Crippen LogP contribution in [0.3, 0.4) is 0 Å². The summed E-state index contributed by atoms with van der Waals surface area (Å²) in [6.45, 7) is 8.91. The smallest absolute Gasteiger partial charge is 0.0156 e. The Morgan fingerprint density at radius 1 is 1.00 bits per heavy atom. The molecule has 19 heavy (non-hydrogen) atoms. The maximum Gasteiger partial charge on any atom is 0.0156 e. The first-order valence-corrected chi connectivity index (χ1v) is 8.53. The Labute approximate surface area is 120 Å². The van der Waals surface area contributed by atoms with E-state index in [0.717, 1.165) is 5.92 Å². The van der Waals surface area contributed by atoms with Crippen LogP contribution in [0, 0.1) is 11.3 Å². The summed E-state index contributed by atoms with van der Waals surface area (Å²) < 4.78 is 0. The van der Waals surface area contributed by atoms with E-state index in [4.69, 9.17) is 0 Å². The van der Waals surface area contributed by atoms with E-state index in [2.05, 4.69) is 31.1 Å². The lowest BCUT2D eigenvalue weighted by Crippen LogP contribution is -2.51. The van der Waals surface area contributed by atoms with Crippen LogP contribution in [0.1, 0.15) is 65.2 Å². The second-order valence-electron chi connectivity index (χ2n) is 7.48. The van der Waals surface area contributed by atoms with Crippen molar-refractivity contribution < 1.29 is 0 Å². The second-order valence-corrected chi connectivity index (χ2v) is 7.48. The summed E-state index contributed by atoms with van der Waals surface area (Å²) in [5.41, 5.74) is 0.473. The molecule has 0 bridgehead atoms. The van der Waals surface area contributed by atoms with Gasteiger partial charge in [0.15, 0.2) is 0 Å². The van der Waals surface area contributed by atoms with Crippen LogP contribution in [-0.2, 0) is 0 Å². The number of likely N-dealkylation sites (tertiary alicyclic amines) is 1. The molecule has 1 saturated carbocycles. The summed E-state index contributed by atoms with van der Waals surface area (Å²) >= 11 is 0. The van der Waals surface area contributed by atoms with Gasteiger partial charge in [-0.15, -0.1) is 0 Å². The first-order chi connectivity index (χ1) is 9.13. The summed E-state index contributed by atoms with van der Waals surface area (Å²) in [6, 6.07) is 0.701. The molecule has 2 unspecified atom stereocenters. The highest BCUT2D eigenvalue weighted by molar-refractivity contribution is 4.93. The zero-order chi connectivity index (χ0) is 13.7. The van der Waals surface area contributed by atoms with E-state index in [1.165, 1.54) is 71.0 Å². The van der Waals surface area contributed by atoms with E-state index in [1.54, 1.807) is 0 Å². The Bertz CT molecular complexity index is 254. The monoisotopic (exact) mass is 266 g/mol. The van der Waals surface area contributed by atoms with Crippen LogP contribution >= 0.6 is 0 Å². The Morgan fingerprint density at radius 2 is 1.63 bits per heavy atom. The van der Waals surface area contributed by atoms with Crippen molar-refractivity contribution in [3.8, 4) is 0 Å². The fourth-order valence-electron chi connectivity index (χ4n) is 4.43. The van der Waals surface area contributed by atoms with E-state index in [9.17, 15) is 0 Å². The minimum atomic E-state index is 0.473. The van der Waals surface area contributed by atoms with Crippen LogP contribution in [0.5, 0.6) is 0 Å². The Kier molecular flexibility index (Phi) is 5.70. The molecule has 2 atom stereocenters. The van der Waals surface area contributed by atoms with E-state index in [-0.39, 0.29) is 0 Å². The van der Waals surface area contributed by atoms with Gasteiger partial charge in [-0.2, -0.15) is 0 Å². The molecule has 1 saturated heterocycles. The lowest BCUT2D eigenvalue weighted by Gasteiger charge is -2.45. The van der Waals surface area contributed by atoms with Gasteiger partial charge >= 0.3 is 0 Å². The SMILES string of the molecule is CNC1C(CN2CCCCCCC2)CCCC1(C)C. The fourth-order valence-corrected chi connectivity index (χ4v) is 4.43. The zero-order valence-corrected chi connectivity index (χ0v) is 13.4. The molecule has 2 rings (SSSR count). The molecule has 1 N–H and O–H groups in total. The molecule has 1 heterocycles. The van der Waals surface area contributed by atoms with Crippen molar-refractivity contribution in [2.75, 3.05) is 26.7 Å². The van der Waals surface area contributed by atoms with Crippen molar-refractivity contribution in [2.45, 2.75) is 71.3 Å². The average molecular weight is 266 g/mol. The van der Waals surface area contributed by atoms with Gasteiger partial charge in [0.25, 0.3) is 0 Å². The van der Waals surface area contributed by atoms with Gasteiger partial charge in [0, 0.05) is 12.6 Å². The number of hydrogen-bond donors (Lipinski definition) is 1. The summed E-state index contributed by atoms with van der Waals surface area (Å²) in [7, 11) is 2.16. The summed E-state index contributed by atoms with van der Waals surface area (Å²) in [5, 5.41) is 3.64. The molecule has 112 valence electrons. The summed E-state index contributed by atoms with van der Waals surface area (Å²) in [6.07, 6.45) is 11.4. The molecule has 2 aliphatic rings. The second kappa shape index (κ2) is 7.08. The molecule has 0 amide bonds. The number of nitrogens with zero attached hydrogens (tertiary/aromatic N) is 1. The molecule has 2 nitrogen and oxygen atoms in total. The van der Waals surface area contributed by atoms with Gasteiger partial charge in [0.05, 0.1) is 0 Å². The minimum Gasteiger partial charge on any atom is -0.316 e. The molecule has 0 aromatic rings. The molecule has 1 aliphatic carbocycles. The topological polar surface area (TPSA) is 15.3 Å². The van der Waals surface area contributed by atoms with Gasteiger partial charge in [-0.05, 0) is 57.2 Å². The van der Waals surface area contributed by atoms with Crippen LogP contribution in [0.25, 0.3) is 0 Å². The van der Waals surface area contributed by atoms with Crippen LogP contribution < -0.4 is 5.32 Å². The van der Waals surface area contributed by atoms with Crippen LogP contribution in [0.4, 0.5) is 0 Å². The molecule has 0 spiro atoms. The Hall–Kier alpha value is -0.0800. The highest BCUT2D eigenvalue weighted by Crippen LogP contribution is 2.39. The number of rotatable bonds is 3. The van der Waals surface area contributed by atoms with Gasteiger partial charge in [-0.3, -0.25) is 0 Å². The van der Waals surface area contributed by atoms with Crippen molar-refractivity contribution in [3.63, 3.8) is 0 Å². The van der Waals surface area contributed by atoms with Crippen LogP contribution in [0.15, 0.2) is 0 Å². The molecule has 0 aromatic carbocycles. The van der Waals surface area contributed by atoms with E-state index >= 15 is 0 Å². The molecule has 2 fully saturated rings. The fraction of sp³-hybridized carbons (Fsp3) is 1.00. The van der Waals surface area contributed by atoms with Crippen molar-refractivity contribution in [3.05, 3.63) is 0 Å². The molecular formula is C17H34N2. The third-order valence-corrected chi connectivity index (χ3v) is 5.46. The summed E-state index contributed by atoms with van der Waals surface area (Å²) in [4.78, 5) is 2.76. The lowest BCUT2D eigenvalue weighted by atomic mass is 9.68. The maximum absolute atomic E-state index is 3.64. The average Bonchev–Trinajstić information content (AvgIpc) is 2.31. The van der Waals surface area contributed by atoms with E-state index < -0.39 is 0 Å². The third kappa shape index (κ3) is 4.19. The van der Waals surface area contributed by atoms with E-state index in [1.807, 2.05) is 0 Å². The summed E-state index contributed by atoms with van der Waals surface area (Å²) in [5.74, 6) is 0.855. The number of hydrogen-bond acceptors (Lipinski definition) is 2. The normalized spacial score (nSPS) is 33.6. The lowest BCUT2D eigenvalue weighted by molar-refractivity contribution is 0.0808. The molecule has 2 heteroatoms. The largest absolute Gasteiger partial charge is 0.316 e. The Balaban J connectivity index is 1.91. The van der Waals surface area contributed by atoms with Crippen molar-refractivity contribution in [1.29, 1.82) is 0 Å². The third-order valence-electron chi connectivity index (χ3n) is 5.46. The van der Waals surface area contributed by atoms with Crippen LogP contribution in [0.2, 0.25) is 0 Å². The first kappa shape index (κ1) is 15.3. The first-order valence-electron chi connectivity index (χ1n) is 8.53. The molecule has 0 radical (unpaired) electrons. The molecular weight excluding hydrogens is 232 g/mol. The predicted octanol–water partition coefficient (Wildman–Crippen LogP) is 3.67. The van der Waals surface area contributed by atoms with Crippen molar-refractivity contribution in [2.24, 2.45) is 11.3 Å². The van der Waals surface area contributed by atoms with Gasteiger partial charge < -0.3 is 10.2 Å². The predicted molar refractivity (Wildman–Crippen MR) is 83.5 cm³/mol. The standard InChI is InChI=1S/C17H34N2/c1-17(2)11-9-10-15(16(17)18-3)14-19-12-7-5-4-6-8-13-19/h15-16,18H,4-14H2,1-3H3.